The van der Waals surface area contributed by atoms with E-state index in [4.69, 9.17) is 0 Å². The Bertz CT molecular complexity index is 996. The molecule has 5 nitrogen and oxygen atoms in total. The molecule has 0 bridgehead atoms. The van der Waals surface area contributed by atoms with Gasteiger partial charge >= 0.3 is 0 Å². The van der Waals surface area contributed by atoms with Gasteiger partial charge in [-0.15, -0.1) is 10.2 Å². The largest absolute Gasteiger partial charge is 0.355 e. The zero-order valence-corrected chi connectivity index (χ0v) is 17.0. The Morgan fingerprint density at radius 1 is 1.03 bits per heavy atom. The first-order valence-electron chi connectivity index (χ1n) is 10.3. The lowest BCUT2D eigenvalue weighted by Crippen LogP contribution is -2.40. The van der Waals surface area contributed by atoms with Crippen LogP contribution in [0.15, 0.2) is 60.7 Å². The third-order valence-electron chi connectivity index (χ3n) is 5.69. The number of aryl methyl sites for hydroxylation is 1. The molecule has 0 radical (unpaired) electrons. The molecule has 0 unspecified atom stereocenters. The van der Waals surface area contributed by atoms with Gasteiger partial charge in [0.15, 0.2) is 5.82 Å². The highest BCUT2D eigenvalue weighted by atomic mass is 19.1. The van der Waals surface area contributed by atoms with Crippen molar-refractivity contribution in [3.8, 4) is 11.3 Å². The van der Waals surface area contributed by atoms with E-state index in [0.29, 0.717) is 12.2 Å². The van der Waals surface area contributed by atoms with Gasteiger partial charge in [-0.25, -0.2) is 4.39 Å². The minimum atomic E-state index is -0.269. The molecule has 1 aromatic heterocycles. The summed E-state index contributed by atoms with van der Waals surface area (Å²) in [5.41, 5.74) is 3.89. The Hall–Kier alpha value is -3.28. The van der Waals surface area contributed by atoms with Crippen molar-refractivity contribution >= 4 is 11.7 Å². The van der Waals surface area contributed by atoms with Crippen LogP contribution in [0.5, 0.6) is 0 Å². The summed E-state index contributed by atoms with van der Waals surface area (Å²) in [5, 5.41) is 11.7. The highest BCUT2D eigenvalue weighted by molar-refractivity contribution is 5.79. The second kappa shape index (κ2) is 9.03. The number of aromatic nitrogens is 2. The van der Waals surface area contributed by atoms with Crippen LogP contribution < -0.4 is 10.2 Å². The van der Waals surface area contributed by atoms with Gasteiger partial charge in [-0.2, -0.15) is 0 Å². The van der Waals surface area contributed by atoms with Crippen molar-refractivity contribution in [2.75, 3.05) is 18.0 Å². The summed E-state index contributed by atoms with van der Waals surface area (Å²) < 4.78 is 13.1. The minimum Gasteiger partial charge on any atom is -0.355 e. The summed E-state index contributed by atoms with van der Waals surface area (Å²) in [6.07, 6.45) is 1.59. The molecule has 0 spiro atoms. The van der Waals surface area contributed by atoms with Crippen LogP contribution in [-0.2, 0) is 11.3 Å². The van der Waals surface area contributed by atoms with Gasteiger partial charge in [-0.1, -0.05) is 24.3 Å². The van der Waals surface area contributed by atoms with Crippen molar-refractivity contribution in [2.24, 2.45) is 5.92 Å². The second-order valence-corrected chi connectivity index (χ2v) is 7.69. The van der Waals surface area contributed by atoms with E-state index in [1.165, 1.54) is 17.7 Å². The molecule has 2 heterocycles. The van der Waals surface area contributed by atoms with Gasteiger partial charge in [0, 0.05) is 31.1 Å². The molecular weight excluding hydrogens is 379 g/mol. The maximum absolute atomic E-state index is 13.1. The third-order valence-corrected chi connectivity index (χ3v) is 5.69. The molecule has 1 N–H and O–H groups in total. The van der Waals surface area contributed by atoms with Crippen LogP contribution in [0.4, 0.5) is 10.2 Å². The van der Waals surface area contributed by atoms with Gasteiger partial charge < -0.3 is 10.2 Å². The van der Waals surface area contributed by atoms with E-state index >= 15 is 0 Å². The van der Waals surface area contributed by atoms with E-state index in [1.807, 2.05) is 30.3 Å². The molecule has 4 rings (SSSR count). The number of piperidine rings is 1. The van der Waals surface area contributed by atoms with Gasteiger partial charge in [-0.3, -0.25) is 4.79 Å². The normalized spacial score (nSPS) is 14.5. The fourth-order valence-electron chi connectivity index (χ4n) is 3.77. The van der Waals surface area contributed by atoms with Crippen molar-refractivity contribution in [1.82, 2.24) is 15.5 Å². The first-order valence-corrected chi connectivity index (χ1v) is 10.3. The first-order chi connectivity index (χ1) is 14.6. The first kappa shape index (κ1) is 20.0. The van der Waals surface area contributed by atoms with Crippen LogP contribution in [0.1, 0.15) is 24.0 Å². The number of halogens is 1. The van der Waals surface area contributed by atoms with Gasteiger partial charge in [0.05, 0.1) is 5.69 Å². The summed E-state index contributed by atoms with van der Waals surface area (Å²) in [6, 6.07) is 18.2. The van der Waals surface area contributed by atoms with Crippen LogP contribution in [0.3, 0.4) is 0 Å². The predicted octanol–water partition coefficient (Wildman–Crippen LogP) is 4.12. The summed E-state index contributed by atoms with van der Waals surface area (Å²) in [5.74, 6) is 0.682. The number of rotatable bonds is 5. The van der Waals surface area contributed by atoms with E-state index in [9.17, 15) is 9.18 Å². The van der Waals surface area contributed by atoms with E-state index in [2.05, 4.69) is 33.4 Å². The Morgan fingerprint density at radius 3 is 2.43 bits per heavy atom. The highest BCUT2D eigenvalue weighted by Gasteiger charge is 2.25. The molecule has 1 fully saturated rings. The standard InChI is InChI=1S/C24H25FN4O/c1-17-4-2-3-5-20(17)16-26-24(30)19-12-14-29(15-13-19)23-11-10-22(27-28-23)18-6-8-21(25)9-7-18/h2-11,19H,12-16H2,1H3,(H,26,30). The smallest absolute Gasteiger partial charge is 0.223 e. The summed E-state index contributed by atoms with van der Waals surface area (Å²) in [4.78, 5) is 14.7. The number of carbonyl (C=O) groups excluding carboxylic acids is 1. The van der Waals surface area contributed by atoms with Crippen molar-refractivity contribution in [3.63, 3.8) is 0 Å². The number of nitrogens with zero attached hydrogens (tertiary/aromatic N) is 3. The number of benzene rings is 2. The van der Waals surface area contributed by atoms with E-state index in [-0.39, 0.29) is 17.6 Å². The summed E-state index contributed by atoms with van der Waals surface area (Å²) in [6.45, 7) is 4.17. The Morgan fingerprint density at radius 2 is 1.77 bits per heavy atom. The van der Waals surface area contributed by atoms with Crippen LogP contribution in [-0.4, -0.2) is 29.2 Å². The minimum absolute atomic E-state index is 0.0247. The van der Waals surface area contributed by atoms with Crippen molar-refractivity contribution in [3.05, 3.63) is 77.6 Å². The number of anilines is 1. The number of carbonyl (C=O) groups is 1. The number of amides is 1. The van der Waals surface area contributed by atoms with Crippen LogP contribution >= 0.6 is 0 Å². The predicted molar refractivity (Wildman–Crippen MR) is 115 cm³/mol. The molecule has 0 aliphatic carbocycles. The van der Waals surface area contributed by atoms with E-state index in [1.54, 1.807) is 12.1 Å². The molecule has 1 saturated heterocycles. The van der Waals surface area contributed by atoms with Crippen LogP contribution in [0.25, 0.3) is 11.3 Å². The van der Waals surface area contributed by atoms with Crippen molar-refractivity contribution < 1.29 is 9.18 Å². The Labute approximate surface area is 176 Å². The molecule has 0 atom stereocenters. The van der Waals surface area contributed by atoms with E-state index in [0.717, 1.165) is 42.9 Å². The number of hydrogen-bond donors (Lipinski definition) is 1. The molecule has 1 amide bonds. The maximum atomic E-state index is 13.1. The zero-order chi connectivity index (χ0) is 20.9. The Balaban J connectivity index is 1.30. The molecule has 6 heteroatoms. The lowest BCUT2D eigenvalue weighted by Gasteiger charge is -2.31. The fourth-order valence-corrected chi connectivity index (χ4v) is 3.77. The quantitative estimate of drug-likeness (QED) is 0.695. The van der Waals surface area contributed by atoms with Gasteiger partial charge in [-0.05, 0) is 67.3 Å². The van der Waals surface area contributed by atoms with Crippen LogP contribution in [0, 0.1) is 18.7 Å². The molecular formula is C24H25FN4O. The summed E-state index contributed by atoms with van der Waals surface area (Å²) in [7, 11) is 0. The highest BCUT2D eigenvalue weighted by Crippen LogP contribution is 2.24. The average Bonchev–Trinajstić information content (AvgIpc) is 2.79. The van der Waals surface area contributed by atoms with Gasteiger partial charge in [0.2, 0.25) is 5.91 Å². The summed E-state index contributed by atoms with van der Waals surface area (Å²) >= 11 is 0. The Kier molecular flexibility index (Phi) is 6.02. The van der Waals surface area contributed by atoms with E-state index < -0.39 is 0 Å². The molecule has 1 aliphatic heterocycles. The molecule has 3 aromatic rings. The third kappa shape index (κ3) is 4.64. The molecule has 1 aliphatic rings. The second-order valence-electron chi connectivity index (χ2n) is 7.69. The zero-order valence-electron chi connectivity index (χ0n) is 17.0. The SMILES string of the molecule is Cc1ccccc1CNC(=O)C1CCN(c2ccc(-c3ccc(F)cc3)nn2)CC1. The van der Waals surface area contributed by atoms with Crippen molar-refractivity contribution in [1.29, 1.82) is 0 Å². The topological polar surface area (TPSA) is 58.1 Å². The molecule has 2 aromatic carbocycles. The van der Waals surface area contributed by atoms with Crippen molar-refractivity contribution in [2.45, 2.75) is 26.3 Å². The van der Waals surface area contributed by atoms with Gasteiger partial charge in [0.1, 0.15) is 5.82 Å². The number of hydrogen-bond acceptors (Lipinski definition) is 4. The molecule has 0 saturated carbocycles. The monoisotopic (exact) mass is 404 g/mol. The van der Waals surface area contributed by atoms with Gasteiger partial charge in [0.25, 0.3) is 0 Å². The lowest BCUT2D eigenvalue weighted by atomic mass is 9.95. The maximum Gasteiger partial charge on any atom is 0.223 e. The number of nitrogens with one attached hydrogen (secondary N) is 1. The lowest BCUT2D eigenvalue weighted by molar-refractivity contribution is -0.125. The van der Waals surface area contributed by atoms with Crippen LogP contribution in [0.2, 0.25) is 0 Å². The molecule has 154 valence electrons. The molecule has 30 heavy (non-hydrogen) atoms. The average molecular weight is 404 g/mol. The fraction of sp³-hybridized carbons (Fsp3) is 0.292.